The molecule has 6 heteroatoms. The smallest absolute Gasteiger partial charge is 0.262 e. The van der Waals surface area contributed by atoms with Crippen molar-refractivity contribution >= 4 is 11.7 Å². The van der Waals surface area contributed by atoms with Crippen LogP contribution >= 0.6 is 0 Å². The largest absolute Gasteiger partial charge is 0.305 e. The number of carbonyl (C=O) groups is 1. The van der Waals surface area contributed by atoms with Crippen LogP contribution in [0.1, 0.15) is 27.2 Å². The summed E-state index contributed by atoms with van der Waals surface area (Å²) in [7, 11) is 0. The molecule has 1 aromatic heterocycles. The maximum absolute atomic E-state index is 13.8. The third kappa shape index (κ3) is 2.33. The number of hydrogen-bond donors (Lipinski definition) is 2. The van der Waals surface area contributed by atoms with Crippen LogP contribution in [-0.2, 0) is 0 Å². The van der Waals surface area contributed by atoms with Gasteiger partial charge in [-0.2, -0.15) is 5.10 Å². The second kappa shape index (κ2) is 4.79. The van der Waals surface area contributed by atoms with Gasteiger partial charge in [-0.15, -0.1) is 0 Å². The molecule has 1 aromatic carbocycles. The SMILES string of the molecule is Cc1ccc(F)c(C(=O)Nc2n[nH]c(C)c2C)c1F. The van der Waals surface area contributed by atoms with Gasteiger partial charge in [0, 0.05) is 11.3 Å². The van der Waals surface area contributed by atoms with Crippen molar-refractivity contribution in [2.24, 2.45) is 0 Å². The number of aromatic nitrogens is 2. The molecule has 0 unspecified atom stereocenters. The minimum absolute atomic E-state index is 0.210. The van der Waals surface area contributed by atoms with Gasteiger partial charge in [-0.1, -0.05) is 6.07 Å². The number of aryl methyl sites for hydroxylation is 2. The van der Waals surface area contributed by atoms with Crippen LogP contribution in [0.4, 0.5) is 14.6 Å². The minimum atomic E-state index is -0.898. The normalized spacial score (nSPS) is 10.6. The summed E-state index contributed by atoms with van der Waals surface area (Å²) in [5.74, 6) is -2.34. The fraction of sp³-hybridized carbons (Fsp3) is 0.231. The molecular weight excluding hydrogens is 252 g/mol. The lowest BCUT2D eigenvalue weighted by Crippen LogP contribution is -2.17. The molecule has 0 fully saturated rings. The van der Waals surface area contributed by atoms with Crippen LogP contribution < -0.4 is 5.32 Å². The van der Waals surface area contributed by atoms with Crippen LogP contribution in [0.25, 0.3) is 0 Å². The van der Waals surface area contributed by atoms with Gasteiger partial charge in [0.1, 0.15) is 17.2 Å². The summed E-state index contributed by atoms with van der Waals surface area (Å²) >= 11 is 0. The molecule has 2 aromatic rings. The Hall–Kier alpha value is -2.24. The van der Waals surface area contributed by atoms with Crippen LogP contribution in [0.5, 0.6) is 0 Å². The molecule has 0 spiro atoms. The van der Waals surface area contributed by atoms with Gasteiger partial charge in [0.05, 0.1) is 0 Å². The van der Waals surface area contributed by atoms with Crippen molar-refractivity contribution in [2.75, 3.05) is 5.32 Å². The molecule has 0 atom stereocenters. The summed E-state index contributed by atoms with van der Waals surface area (Å²) in [6.07, 6.45) is 0. The molecule has 100 valence electrons. The van der Waals surface area contributed by atoms with Gasteiger partial charge in [-0.3, -0.25) is 9.89 Å². The van der Waals surface area contributed by atoms with Crippen molar-refractivity contribution < 1.29 is 13.6 Å². The van der Waals surface area contributed by atoms with Gasteiger partial charge >= 0.3 is 0 Å². The van der Waals surface area contributed by atoms with E-state index in [1.807, 2.05) is 0 Å². The Labute approximate surface area is 108 Å². The van der Waals surface area contributed by atoms with Crippen LogP contribution in [0.15, 0.2) is 12.1 Å². The first-order valence-electron chi connectivity index (χ1n) is 5.69. The first-order valence-corrected chi connectivity index (χ1v) is 5.69. The number of carbonyl (C=O) groups excluding carboxylic acids is 1. The Bertz CT molecular complexity index is 650. The number of nitrogens with zero attached hydrogens (tertiary/aromatic N) is 1. The molecule has 0 radical (unpaired) electrons. The highest BCUT2D eigenvalue weighted by atomic mass is 19.1. The van der Waals surface area contributed by atoms with Gasteiger partial charge in [0.2, 0.25) is 0 Å². The average molecular weight is 265 g/mol. The molecule has 0 aliphatic heterocycles. The fourth-order valence-electron chi connectivity index (χ4n) is 1.64. The monoisotopic (exact) mass is 265 g/mol. The van der Waals surface area contributed by atoms with E-state index < -0.39 is 23.1 Å². The van der Waals surface area contributed by atoms with E-state index in [-0.39, 0.29) is 11.4 Å². The third-order valence-electron chi connectivity index (χ3n) is 3.00. The lowest BCUT2D eigenvalue weighted by Gasteiger charge is -2.07. The summed E-state index contributed by atoms with van der Waals surface area (Å²) in [6, 6.07) is 2.35. The molecule has 1 amide bonds. The Balaban J connectivity index is 2.36. The van der Waals surface area contributed by atoms with Crippen molar-refractivity contribution in [3.05, 3.63) is 46.2 Å². The number of hydrogen-bond acceptors (Lipinski definition) is 2. The van der Waals surface area contributed by atoms with Gasteiger partial charge in [-0.05, 0) is 32.4 Å². The first kappa shape index (κ1) is 13.2. The van der Waals surface area contributed by atoms with Crippen molar-refractivity contribution in [1.82, 2.24) is 10.2 Å². The molecule has 0 saturated carbocycles. The number of anilines is 1. The zero-order valence-corrected chi connectivity index (χ0v) is 10.8. The zero-order chi connectivity index (χ0) is 14.2. The molecule has 2 rings (SSSR count). The molecule has 0 aliphatic carbocycles. The molecule has 0 saturated heterocycles. The number of nitrogens with one attached hydrogen (secondary N) is 2. The molecule has 4 nitrogen and oxygen atoms in total. The highest BCUT2D eigenvalue weighted by Gasteiger charge is 2.20. The summed E-state index contributed by atoms with van der Waals surface area (Å²) in [5, 5.41) is 8.94. The Morgan fingerprint density at radius 2 is 1.95 bits per heavy atom. The lowest BCUT2D eigenvalue weighted by molar-refractivity contribution is 0.101. The maximum atomic E-state index is 13.8. The van der Waals surface area contributed by atoms with Crippen molar-refractivity contribution in [1.29, 1.82) is 0 Å². The van der Waals surface area contributed by atoms with Gasteiger partial charge in [0.25, 0.3) is 5.91 Å². The van der Waals surface area contributed by atoms with Crippen LogP contribution in [0.3, 0.4) is 0 Å². The average Bonchev–Trinajstić information content (AvgIpc) is 2.66. The van der Waals surface area contributed by atoms with E-state index in [0.717, 1.165) is 17.3 Å². The van der Waals surface area contributed by atoms with Gasteiger partial charge in [-0.25, -0.2) is 8.78 Å². The summed E-state index contributed by atoms with van der Waals surface area (Å²) in [4.78, 5) is 11.9. The van der Waals surface area contributed by atoms with E-state index in [0.29, 0.717) is 0 Å². The quantitative estimate of drug-likeness (QED) is 0.877. The van der Waals surface area contributed by atoms with E-state index in [1.165, 1.54) is 13.0 Å². The summed E-state index contributed by atoms with van der Waals surface area (Å²) in [5.41, 5.74) is 1.11. The van der Waals surface area contributed by atoms with E-state index in [9.17, 15) is 13.6 Å². The number of benzene rings is 1. The van der Waals surface area contributed by atoms with E-state index >= 15 is 0 Å². The number of halogens is 2. The molecule has 0 aliphatic rings. The second-order valence-electron chi connectivity index (χ2n) is 4.33. The predicted octanol–water partition coefficient (Wildman–Crippen LogP) is 2.87. The Morgan fingerprint density at radius 1 is 1.26 bits per heavy atom. The van der Waals surface area contributed by atoms with E-state index in [1.54, 1.807) is 13.8 Å². The molecule has 19 heavy (non-hydrogen) atoms. The van der Waals surface area contributed by atoms with Gasteiger partial charge < -0.3 is 5.32 Å². The molecule has 2 N–H and O–H groups in total. The predicted molar refractivity (Wildman–Crippen MR) is 67.1 cm³/mol. The fourth-order valence-corrected chi connectivity index (χ4v) is 1.64. The van der Waals surface area contributed by atoms with Crippen LogP contribution in [0, 0.1) is 32.4 Å². The molecular formula is C13H13F2N3O. The number of aromatic amines is 1. The van der Waals surface area contributed by atoms with Crippen molar-refractivity contribution in [3.63, 3.8) is 0 Å². The number of H-pyrrole nitrogens is 1. The topological polar surface area (TPSA) is 57.8 Å². The Morgan fingerprint density at radius 3 is 2.53 bits per heavy atom. The number of amides is 1. The summed E-state index contributed by atoms with van der Waals surface area (Å²) in [6.45, 7) is 5.00. The highest BCUT2D eigenvalue weighted by Crippen LogP contribution is 2.19. The van der Waals surface area contributed by atoms with Gasteiger partial charge in [0.15, 0.2) is 5.82 Å². The lowest BCUT2D eigenvalue weighted by atomic mass is 10.1. The van der Waals surface area contributed by atoms with E-state index in [2.05, 4.69) is 15.5 Å². The second-order valence-corrected chi connectivity index (χ2v) is 4.33. The molecule has 0 bridgehead atoms. The van der Waals surface area contributed by atoms with Crippen molar-refractivity contribution in [3.8, 4) is 0 Å². The standard InChI is InChI=1S/C13H13F2N3O/c1-6-4-5-9(14)10(11(6)15)13(19)16-12-7(2)8(3)17-18-12/h4-5H,1-3H3,(H2,16,17,18,19). The van der Waals surface area contributed by atoms with E-state index in [4.69, 9.17) is 0 Å². The zero-order valence-electron chi connectivity index (χ0n) is 10.8. The summed E-state index contributed by atoms with van der Waals surface area (Å²) < 4.78 is 27.4. The van der Waals surface area contributed by atoms with Crippen LogP contribution in [0.2, 0.25) is 0 Å². The molecule has 1 heterocycles. The minimum Gasteiger partial charge on any atom is -0.305 e. The van der Waals surface area contributed by atoms with Crippen molar-refractivity contribution in [2.45, 2.75) is 20.8 Å². The highest BCUT2D eigenvalue weighted by molar-refractivity contribution is 6.04. The Kier molecular flexibility index (Phi) is 3.33. The number of rotatable bonds is 2. The maximum Gasteiger partial charge on any atom is 0.262 e. The van der Waals surface area contributed by atoms with Crippen LogP contribution in [-0.4, -0.2) is 16.1 Å². The first-order chi connectivity index (χ1) is 8.91. The third-order valence-corrected chi connectivity index (χ3v) is 3.00.